The van der Waals surface area contributed by atoms with E-state index < -0.39 is 31.2 Å². The number of carbonyl (C=O) groups excluding carboxylic acids is 1. The molecular formula is C66H72N9O9S2+. The highest BCUT2D eigenvalue weighted by molar-refractivity contribution is 7.86. The van der Waals surface area contributed by atoms with Crippen LogP contribution in [0.25, 0.3) is 11.2 Å². The highest BCUT2D eigenvalue weighted by Gasteiger charge is 2.45. The number of hydrogen-bond acceptors (Lipinski definition) is 13. The first-order valence-electron chi connectivity index (χ1n) is 29.0. The molecule has 1 amide bonds. The lowest BCUT2D eigenvalue weighted by Gasteiger charge is -2.27. The van der Waals surface area contributed by atoms with Crippen molar-refractivity contribution in [3.05, 3.63) is 212 Å². The minimum absolute atomic E-state index is 0.0293. The largest absolute Gasteiger partial charge is 0.457 e. The Hall–Kier alpha value is -8.56. The van der Waals surface area contributed by atoms with Crippen LogP contribution in [0.15, 0.2) is 178 Å². The lowest BCUT2D eigenvalue weighted by molar-refractivity contribution is -0.438. The van der Waals surface area contributed by atoms with E-state index >= 15 is 0 Å². The van der Waals surface area contributed by atoms with Gasteiger partial charge in [-0.25, -0.2) is 9.97 Å². The number of hydrogen-bond donors (Lipinski definition) is 6. The molecule has 0 bridgehead atoms. The molecule has 3 aliphatic rings. The van der Waals surface area contributed by atoms with Gasteiger partial charge in [-0.3, -0.25) is 23.7 Å². The molecule has 0 saturated heterocycles. The second kappa shape index (κ2) is 25.2. The molecule has 18 nitrogen and oxygen atoms in total. The van der Waals surface area contributed by atoms with Crippen molar-refractivity contribution in [3.63, 3.8) is 0 Å². The molecule has 0 saturated carbocycles. The molecule has 5 aromatic carbocycles. The number of aryl methyl sites for hydroxylation is 2. The number of nitrogens with one attached hydrogen (secondary N) is 3. The summed E-state index contributed by atoms with van der Waals surface area (Å²) in [6.45, 7) is 12.4. The monoisotopic (exact) mass is 1200 g/mol. The van der Waals surface area contributed by atoms with E-state index in [2.05, 4.69) is 122 Å². The Morgan fingerprint density at radius 3 is 2.23 bits per heavy atom. The highest BCUT2D eigenvalue weighted by Crippen LogP contribution is 2.48. The first-order valence-corrected chi connectivity index (χ1v) is 32.1. The van der Waals surface area contributed by atoms with Crippen LogP contribution in [0.1, 0.15) is 118 Å². The zero-order valence-corrected chi connectivity index (χ0v) is 50.6. The van der Waals surface area contributed by atoms with Gasteiger partial charge >= 0.3 is 0 Å². The summed E-state index contributed by atoms with van der Waals surface area (Å²) in [5.41, 5.74) is 17.2. The van der Waals surface area contributed by atoms with Crippen LogP contribution in [0.2, 0.25) is 0 Å². The number of ether oxygens (including phenoxy) is 1. The normalized spacial score (nSPS) is 16.6. The molecule has 7 aromatic rings. The fourth-order valence-corrected chi connectivity index (χ4v) is 12.7. The number of unbranched alkanes of at least 4 members (excludes halogenated alkanes) is 2. The van der Waals surface area contributed by atoms with E-state index in [4.69, 9.17) is 10.5 Å². The number of carbonyl (C=O) groups is 1. The first-order chi connectivity index (χ1) is 41.0. The summed E-state index contributed by atoms with van der Waals surface area (Å²) in [6.07, 6.45) is 16.8. The van der Waals surface area contributed by atoms with Crippen LogP contribution >= 0.6 is 0 Å². The number of aromatic amines is 1. The number of rotatable bonds is 22. The van der Waals surface area contributed by atoms with Crippen molar-refractivity contribution in [3.8, 4) is 5.75 Å². The minimum Gasteiger partial charge on any atom is -0.457 e. The summed E-state index contributed by atoms with van der Waals surface area (Å²) in [5.74, 6) is 0.773. The van der Waals surface area contributed by atoms with Crippen LogP contribution in [0.5, 0.6) is 5.75 Å². The summed E-state index contributed by atoms with van der Waals surface area (Å²) < 4.78 is 76.8. The molecule has 10 rings (SSSR count). The number of allylic oxidation sites excluding steroid dienone is 7. The Kier molecular flexibility index (Phi) is 17.7. The van der Waals surface area contributed by atoms with Gasteiger partial charge in [0.05, 0.1) is 34.5 Å². The van der Waals surface area contributed by atoms with Crippen LogP contribution in [-0.2, 0) is 50.5 Å². The van der Waals surface area contributed by atoms with Crippen LogP contribution in [0.3, 0.4) is 0 Å². The van der Waals surface area contributed by atoms with Crippen molar-refractivity contribution < 1.29 is 40.0 Å². The molecule has 0 unspecified atom stereocenters. The highest BCUT2D eigenvalue weighted by atomic mass is 32.2. The third-order valence-electron chi connectivity index (χ3n) is 16.3. The Bertz CT molecular complexity index is 4190. The average Bonchev–Trinajstić information content (AvgIpc) is 1.84. The van der Waals surface area contributed by atoms with Gasteiger partial charge in [-0.05, 0) is 166 Å². The van der Waals surface area contributed by atoms with Crippen LogP contribution in [-0.4, -0.2) is 80.9 Å². The SMILES string of the molecule is CCCCN1/C(=C/C=C2\CCCC(/C=C/C3=[N+](CCCCS(=O)(=O)O)c4ccc(S(=O)(=O)O)cc4C3(C)C)=C2Oc2ccc(CCc3ccc(NC(=O)c4ccc(NCc5cnc6nc(N)[nH]c(=O)c6n5)cc4)cc3)cc2)C(C)(C)c2ccccc21. The van der Waals surface area contributed by atoms with E-state index in [1.807, 2.05) is 50.2 Å². The molecular weight excluding hydrogens is 1130 g/mol. The zero-order chi connectivity index (χ0) is 61.0. The van der Waals surface area contributed by atoms with Gasteiger partial charge in [-0.15, -0.1) is 0 Å². The lowest BCUT2D eigenvalue weighted by atomic mass is 9.81. The van der Waals surface area contributed by atoms with Gasteiger partial charge in [0.2, 0.25) is 11.6 Å². The van der Waals surface area contributed by atoms with Crippen LogP contribution in [0, 0.1) is 0 Å². The smallest absolute Gasteiger partial charge is 0.294 e. The molecule has 2 aromatic heterocycles. The Balaban J connectivity index is 0.860. The van der Waals surface area contributed by atoms with Crippen molar-refractivity contribution in [2.45, 2.75) is 115 Å². The summed E-state index contributed by atoms with van der Waals surface area (Å²) in [5, 5.41) is 6.22. The van der Waals surface area contributed by atoms with E-state index in [9.17, 15) is 35.5 Å². The van der Waals surface area contributed by atoms with Crippen molar-refractivity contribution in [1.29, 1.82) is 0 Å². The van der Waals surface area contributed by atoms with E-state index in [-0.39, 0.29) is 52.0 Å². The Labute approximate surface area is 501 Å². The molecule has 0 radical (unpaired) electrons. The van der Waals surface area contributed by atoms with Gasteiger partial charge in [0.1, 0.15) is 18.1 Å². The fraction of sp³-hybridized carbons (Fsp3) is 0.303. The number of nitrogens with two attached hydrogens (primary N) is 1. The fourth-order valence-electron chi connectivity index (χ4n) is 11.6. The predicted octanol–water partition coefficient (Wildman–Crippen LogP) is 11.7. The number of nitrogen functional groups attached to an aromatic ring is 1. The number of benzene rings is 5. The maximum Gasteiger partial charge on any atom is 0.294 e. The molecule has 1 aliphatic carbocycles. The second-order valence-electron chi connectivity index (χ2n) is 23.1. The number of nitrogens with zero attached hydrogens (tertiary/aromatic N) is 5. The van der Waals surface area contributed by atoms with Gasteiger partial charge < -0.3 is 26.0 Å². The third kappa shape index (κ3) is 13.7. The molecule has 4 heterocycles. The van der Waals surface area contributed by atoms with E-state index in [1.54, 1.807) is 30.3 Å². The molecule has 446 valence electrons. The van der Waals surface area contributed by atoms with Crippen molar-refractivity contribution in [2.75, 3.05) is 40.1 Å². The maximum absolute atomic E-state index is 13.3. The molecule has 0 atom stereocenters. The number of anilines is 4. The zero-order valence-electron chi connectivity index (χ0n) is 48.9. The standard InChI is InChI=1S/C66H71N9O9S2/c1-6-7-37-74-55-16-9-8-15-53(55)65(2,3)57(74)35-25-45-13-12-14-46(26-36-58-66(4,5)54-40-52(86(81,82)83)33-34-56(54)75(58)38-10-11-39-85(78,79)80)60(45)84-51-31-21-44(22-32-51)18-17-43-19-27-49(28-20-43)71-62(76)47-23-29-48(30-24-47)68-41-50-42-69-61-59(70-50)63(77)73-64(67)72-61/h8-9,15-16,19-36,40,42H,6-7,10-14,17-18,37-39,41H2,1-5H3,(H6-,67,68,69,71,72,73,76,77,78,79,80,81,82,83)/p+1. The van der Waals surface area contributed by atoms with Gasteiger partial charge in [-0.1, -0.05) is 75.7 Å². The summed E-state index contributed by atoms with van der Waals surface area (Å²) in [7, 11) is -8.67. The topological polar surface area (TPSA) is 263 Å². The summed E-state index contributed by atoms with van der Waals surface area (Å²) in [6, 6.07) is 36.2. The van der Waals surface area contributed by atoms with Crippen molar-refractivity contribution in [1.82, 2.24) is 19.9 Å². The van der Waals surface area contributed by atoms with E-state index in [0.29, 0.717) is 41.2 Å². The summed E-state index contributed by atoms with van der Waals surface area (Å²) >= 11 is 0. The van der Waals surface area contributed by atoms with Crippen molar-refractivity contribution >= 4 is 71.7 Å². The Morgan fingerprint density at radius 1 is 0.814 bits per heavy atom. The maximum atomic E-state index is 13.3. The third-order valence-corrected chi connectivity index (χ3v) is 17.9. The van der Waals surface area contributed by atoms with E-state index in [0.717, 1.165) is 96.6 Å². The molecule has 0 spiro atoms. The molecule has 20 heteroatoms. The summed E-state index contributed by atoms with van der Waals surface area (Å²) in [4.78, 5) is 42.8. The van der Waals surface area contributed by atoms with Crippen molar-refractivity contribution in [2.24, 2.45) is 0 Å². The number of fused-ring (bicyclic) bond motifs is 3. The second-order valence-corrected chi connectivity index (χ2v) is 26.0. The number of amides is 1. The average molecular weight is 1200 g/mol. The van der Waals surface area contributed by atoms with Crippen LogP contribution < -0.4 is 31.6 Å². The lowest BCUT2D eigenvalue weighted by Crippen LogP contribution is -2.28. The van der Waals surface area contributed by atoms with Gasteiger partial charge in [0, 0.05) is 64.4 Å². The van der Waals surface area contributed by atoms with Gasteiger partial charge in [0.25, 0.3) is 31.7 Å². The van der Waals surface area contributed by atoms with E-state index in [1.165, 1.54) is 35.3 Å². The molecule has 7 N–H and O–H groups in total. The van der Waals surface area contributed by atoms with Crippen LogP contribution in [0.4, 0.5) is 28.7 Å². The predicted molar refractivity (Wildman–Crippen MR) is 338 cm³/mol. The number of para-hydroxylation sites is 1. The quantitative estimate of drug-likeness (QED) is 0.0209. The van der Waals surface area contributed by atoms with Gasteiger partial charge in [-0.2, -0.15) is 26.4 Å². The Morgan fingerprint density at radius 2 is 1.52 bits per heavy atom. The minimum atomic E-state index is -4.51. The number of H-pyrrole nitrogens is 1. The van der Waals surface area contributed by atoms with Gasteiger partial charge in [0.15, 0.2) is 16.9 Å². The molecule has 0 fully saturated rings. The molecule has 86 heavy (non-hydrogen) atoms. The first kappa shape index (κ1) is 60.6. The molecule has 2 aliphatic heterocycles. The number of aromatic nitrogens is 4.